The van der Waals surface area contributed by atoms with Crippen molar-refractivity contribution in [1.29, 1.82) is 0 Å². The van der Waals surface area contributed by atoms with E-state index in [9.17, 15) is 4.39 Å². The lowest BCUT2D eigenvalue weighted by Gasteiger charge is -2.08. The average molecular weight is 293 g/mol. The van der Waals surface area contributed by atoms with E-state index in [2.05, 4.69) is 21.2 Å². The normalized spacial score (nSPS) is 10.9. The molecule has 0 atom stereocenters. The maximum atomic E-state index is 13.2. The predicted octanol–water partition coefficient (Wildman–Crippen LogP) is 4.10. The van der Waals surface area contributed by atoms with Crippen LogP contribution in [0.5, 0.6) is 0 Å². The van der Waals surface area contributed by atoms with Gasteiger partial charge in [0, 0.05) is 18.1 Å². The van der Waals surface area contributed by atoms with Gasteiger partial charge in [-0.15, -0.1) is 11.6 Å². The van der Waals surface area contributed by atoms with Crippen LogP contribution in [0.3, 0.4) is 0 Å². The lowest BCUT2D eigenvalue weighted by atomic mass is 10.2. The number of rotatable bonds is 4. The molecule has 1 aromatic carbocycles. The molecule has 4 heteroatoms. The van der Waals surface area contributed by atoms with Gasteiger partial charge in [0.05, 0.1) is 4.47 Å². The number of nitrogens with one attached hydrogen (secondary N) is 1. The fourth-order valence-electron chi connectivity index (χ4n) is 1.15. The molecule has 1 rings (SSSR count). The summed E-state index contributed by atoms with van der Waals surface area (Å²) in [4.78, 5) is 0. The van der Waals surface area contributed by atoms with Crippen molar-refractivity contribution in [1.82, 2.24) is 0 Å². The van der Waals surface area contributed by atoms with E-state index < -0.39 is 0 Å². The maximum absolute atomic E-state index is 13.2. The average Bonchev–Trinajstić information content (AvgIpc) is 2.20. The van der Waals surface area contributed by atoms with Crippen molar-refractivity contribution in [2.75, 3.05) is 17.7 Å². The Hall–Kier alpha value is -0.540. The summed E-state index contributed by atoms with van der Waals surface area (Å²) in [6.45, 7) is 2.58. The quantitative estimate of drug-likeness (QED) is 0.651. The molecule has 0 radical (unpaired) electrons. The fourth-order valence-corrected chi connectivity index (χ4v) is 1.74. The third-order valence-corrected chi connectivity index (χ3v) is 2.72. The first-order valence-electron chi connectivity index (χ1n) is 4.55. The largest absolute Gasteiger partial charge is 0.381 e. The highest BCUT2D eigenvalue weighted by molar-refractivity contribution is 9.10. The third kappa shape index (κ3) is 3.84. The summed E-state index contributed by atoms with van der Waals surface area (Å²) in [7, 11) is 0. The van der Waals surface area contributed by atoms with Crippen LogP contribution in [0.1, 0.15) is 5.56 Å². The minimum absolute atomic E-state index is 0.260. The number of hydrogen-bond donors (Lipinski definition) is 1. The number of benzene rings is 1. The zero-order chi connectivity index (χ0) is 11.3. The number of alkyl halides is 1. The van der Waals surface area contributed by atoms with Crippen molar-refractivity contribution in [3.8, 4) is 0 Å². The second kappa shape index (κ2) is 6.13. The molecule has 0 aliphatic carbocycles. The molecule has 0 spiro atoms. The molecule has 1 N–H and O–H groups in total. The number of anilines is 1. The van der Waals surface area contributed by atoms with E-state index in [1.165, 1.54) is 6.07 Å². The van der Waals surface area contributed by atoms with Crippen LogP contribution in [-0.2, 0) is 0 Å². The molecule has 0 amide bonds. The Morgan fingerprint density at radius 3 is 2.87 bits per heavy atom. The van der Waals surface area contributed by atoms with Gasteiger partial charge < -0.3 is 5.32 Å². The van der Waals surface area contributed by atoms with Crippen molar-refractivity contribution < 1.29 is 4.39 Å². The van der Waals surface area contributed by atoms with Gasteiger partial charge in [0.15, 0.2) is 0 Å². The Bertz CT molecular complexity index is 366. The Kier molecular flexibility index (Phi) is 5.12. The van der Waals surface area contributed by atoms with Crippen molar-refractivity contribution >= 4 is 33.2 Å². The van der Waals surface area contributed by atoms with Gasteiger partial charge in [-0.1, -0.05) is 12.2 Å². The molecule has 1 aromatic rings. The first kappa shape index (κ1) is 12.5. The molecule has 0 fully saturated rings. The number of allylic oxidation sites excluding steroid dienone is 1. The van der Waals surface area contributed by atoms with Gasteiger partial charge in [-0.05, 0) is 40.5 Å². The van der Waals surface area contributed by atoms with E-state index in [4.69, 9.17) is 11.6 Å². The highest BCUT2D eigenvalue weighted by Crippen LogP contribution is 2.23. The molecule has 0 aliphatic rings. The molecule has 1 nitrogen and oxygen atoms in total. The number of halogens is 3. The molecule has 0 unspecified atom stereocenters. The van der Waals surface area contributed by atoms with Crippen molar-refractivity contribution in [3.63, 3.8) is 0 Å². The summed E-state index contributed by atoms with van der Waals surface area (Å²) in [6.07, 6.45) is 3.76. The summed E-state index contributed by atoms with van der Waals surface area (Å²) < 4.78 is 13.7. The standard InChI is InChI=1S/C11H12BrClFN/c1-8-6-9(12)10(14)7-11(8)15-5-3-2-4-13/h2-3,6-7,15H,4-5H2,1H3/b3-2+. The second-order valence-electron chi connectivity index (χ2n) is 3.09. The first-order valence-corrected chi connectivity index (χ1v) is 5.88. The summed E-state index contributed by atoms with van der Waals surface area (Å²) in [5, 5.41) is 3.11. The molecule has 0 bridgehead atoms. The van der Waals surface area contributed by atoms with Gasteiger partial charge >= 0.3 is 0 Å². The SMILES string of the molecule is Cc1cc(Br)c(F)cc1NC/C=C/CCl. The van der Waals surface area contributed by atoms with Gasteiger partial charge in [0.25, 0.3) is 0 Å². The van der Waals surface area contributed by atoms with E-state index in [1.54, 1.807) is 6.07 Å². The summed E-state index contributed by atoms with van der Waals surface area (Å²) in [5.74, 6) is 0.236. The highest BCUT2D eigenvalue weighted by atomic mass is 79.9. The third-order valence-electron chi connectivity index (χ3n) is 1.93. The molecule has 0 heterocycles. The lowest BCUT2D eigenvalue weighted by molar-refractivity contribution is 0.621. The number of hydrogen-bond acceptors (Lipinski definition) is 1. The van der Waals surface area contributed by atoms with Crippen molar-refractivity contribution in [3.05, 3.63) is 40.1 Å². The molecule has 0 aliphatic heterocycles. The lowest BCUT2D eigenvalue weighted by Crippen LogP contribution is -2.01. The van der Waals surface area contributed by atoms with Crippen LogP contribution in [-0.4, -0.2) is 12.4 Å². The fraction of sp³-hybridized carbons (Fsp3) is 0.273. The molecule has 15 heavy (non-hydrogen) atoms. The van der Waals surface area contributed by atoms with Crippen LogP contribution in [0.4, 0.5) is 10.1 Å². The Morgan fingerprint density at radius 2 is 2.20 bits per heavy atom. The van der Waals surface area contributed by atoms with Crippen LogP contribution in [0.15, 0.2) is 28.8 Å². The second-order valence-corrected chi connectivity index (χ2v) is 4.25. The summed E-state index contributed by atoms with van der Waals surface area (Å²) in [6, 6.07) is 3.23. The molecule has 0 saturated carbocycles. The number of aryl methyl sites for hydroxylation is 1. The van der Waals surface area contributed by atoms with Gasteiger partial charge in [0.2, 0.25) is 0 Å². The van der Waals surface area contributed by atoms with Gasteiger partial charge in [0.1, 0.15) is 5.82 Å². The van der Waals surface area contributed by atoms with E-state index >= 15 is 0 Å². The van der Waals surface area contributed by atoms with E-state index in [-0.39, 0.29) is 5.82 Å². The molecular formula is C11H12BrClFN. The van der Waals surface area contributed by atoms with Gasteiger partial charge in [-0.2, -0.15) is 0 Å². The van der Waals surface area contributed by atoms with Gasteiger partial charge in [-0.3, -0.25) is 0 Å². The smallest absolute Gasteiger partial charge is 0.139 e. The van der Waals surface area contributed by atoms with Crippen LogP contribution in [0, 0.1) is 12.7 Å². The zero-order valence-electron chi connectivity index (χ0n) is 8.36. The minimum atomic E-state index is -0.260. The topological polar surface area (TPSA) is 12.0 Å². The minimum Gasteiger partial charge on any atom is -0.381 e. The van der Waals surface area contributed by atoms with Crippen molar-refractivity contribution in [2.45, 2.75) is 6.92 Å². The van der Waals surface area contributed by atoms with Crippen LogP contribution >= 0.6 is 27.5 Å². The Morgan fingerprint density at radius 1 is 1.47 bits per heavy atom. The Labute approximate surface area is 102 Å². The van der Waals surface area contributed by atoms with Crippen LogP contribution in [0.25, 0.3) is 0 Å². The maximum Gasteiger partial charge on any atom is 0.139 e. The van der Waals surface area contributed by atoms with E-state index in [1.807, 2.05) is 19.1 Å². The highest BCUT2D eigenvalue weighted by Gasteiger charge is 2.03. The van der Waals surface area contributed by atoms with E-state index in [0.29, 0.717) is 16.9 Å². The van der Waals surface area contributed by atoms with Crippen molar-refractivity contribution in [2.24, 2.45) is 0 Å². The van der Waals surface area contributed by atoms with Crippen LogP contribution < -0.4 is 5.32 Å². The van der Waals surface area contributed by atoms with E-state index in [0.717, 1.165) is 11.3 Å². The van der Waals surface area contributed by atoms with Crippen LogP contribution in [0.2, 0.25) is 0 Å². The zero-order valence-corrected chi connectivity index (χ0v) is 10.7. The summed E-state index contributed by atoms with van der Waals surface area (Å²) in [5.41, 5.74) is 1.80. The summed E-state index contributed by atoms with van der Waals surface area (Å²) >= 11 is 8.62. The molecule has 0 saturated heterocycles. The first-order chi connectivity index (χ1) is 7.15. The van der Waals surface area contributed by atoms with Gasteiger partial charge in [-0.25, -0.2) is 4.39 Å². The molecular weight excluding hydrogens is 280 g/mol. The monoisotopic (exact) mass is 291 g/mol. The Balaban J connectivity index is 2.69. The predicted molar refractivity (Wildman–Crippen MR) is 67.2 cm³/mol. The molecule has 0 aromatic heterocycles. The molecule has 82 valence electrons.